The smallest absolute Gasteiger partial charge is 0.258 e. The fourth-order valence-corrected chi connectivity index (χ4v) is 2.09. The molecule has 0 spiro atoms. The van der Waals surface area contributed by atoms with E-state index in [2.05, 4.69) is 31.4 Å². The molecule has 0 fully saturated rings. The standard InChI is InChI=1S/C12H8BrCl2N3O/c1-6-2-3-7(4-9(6)13)16-12(19)8-5-10(14)17-18-11(8)15/h2-5H,1H3,(H,16,19). The second kappa shape index (κ2) is 5.86. The maximum absolute atomic E-state index is 12.0. The Balaban J connectivity index is 2.25. The fraction of sp³-hybridized carbons (Fsp3) is 0.0833. The first-order valence-electron chi connectivity index (χ1n) is 5.23. The molecule has 7 heteroatoms. The largest absolute Gasteiger partial charge is 0.322 e. The van der Waals surface area contributed by atoms with Crippen LogP contribution in [0.15, 0.2) is 28.7 Å². The van der Waals surface area contributed by atoms with Gasteiger partial charge in [-0.05, 0) is 30.7 Å². The van der Waals surface area contributed by atoms with E-state index in [4.69, 9.17) is 23.2 Å². The van der Waals surface area contributed by atoms with E-state index in [9.17, 15) is 4.79 Å². The number of aryl methyl sites for hydroxylation is 1. The normalized spacial score (nSPS) is 10.3. The number of carbonyl (C=O) groups is 1. The lowest BCUT2D eigenvalue weighted by molar-refractivity contribution is 0.102. The Morgan fingerprint density at radius 3 is 2.68 bits per heavy atom. The molecule has 4 nitrogen and oxygen atoms in total. The lowest BCUT2D eigenvalue weighted by atomic mass is 10.2. The van der Waals surface area contributed by atoms with Crippen LogP contribution >= 0.6 is 39.1 Å². The number of nitrogens with one attached hydrogen (secondary N) is 1. The van der Waals surface area contributed by atoms with Crippen molar-refractivity contribution in [1.29, 1.82) is 0 Å². The Bertz CT molecular complexity index is 649. The summed E-state index contributed by atoms with van der Waals surface area (Å²) in [5.74, 6) is -0.391. The zero-order valence-corrected chi connectivity index (χ0v) is 12.8. The topological polar surface area (TPSA) is 54.9 Å². The van der Waals surface area contributed by atoms with Gasteiger partial charge in [0.25, 0.3) is 5.91 Å². The predicted molar refractivity (Wildman–Crippen MR) is 78.9 cm³/mol. The first kappa shape index (κ1) is 14.2. The quantitative estimate of drug-likeness (QED) is 0.876. The molecule has 0 saturated heterocycles. The molecule has 19 heavy (non-hydrogen) atoms. The van der Waals surface area contributed by atoms with Crippen LogP contribution < -0.4 is 5.32 Å². The minimum atomic E-state index is -0.391. The van der Waals surface area contributed by atoms with Crippen molar-refractivity contribution in [2.24, 2.45) is 0 Å². The van der Waals surface area contributed by atoms with Gasteiger partial charge in [-0.1, -0.05) is 45.2 Å². The van der Waals surface area contributed by atoms with Crippen LogP contribution in [0.4, 0.5) is 5.69 Å². The SMILES string of the molecule is Cc1ccc(NC(=O)c2cc(Cl)nnc2Cl)cc1Br. The van der Waals surface area contributed by atoms with E-state index in [1.807, 2.05) is 13.0 Å². The van der Waals surface area contributed by atoms with E-state index < -0.39 is 5.91 Å². The van der Waals surface area contributed by atoms with Gasteiger partial charge in [0, 0.05) is 10.2 Å². The van der Waals surface area contributed by atoms with Gasteiger partial charge in [0.2, 0.25) is 0 Å². The highest BCUT2D eigenvalue weighted by atomic mass is 79.9. The number of hydrogen-bond donors (Lipinski definition) is 1. The first-order chi connectivity index (χ1) is 8.97. The highest BCUT2D eigenvalue weighted by Gasteiger charge is 2.13. The van der Waals surface area contributed by atoms with Gasteiger partial charge in [-0.25, -0.2) is 0 Å². The van der Waals surface area contributed by atoms with E-state index in [0.717, 1.165) is 10.0 Å². The molecule has 1 N–H and O–H groups in total. The molecule has 0 radical (unpaired) electrons. The predicted octanol–water partition coefficient (Wildman–Crippen LogP) is 4.11. The average molecular weight is 361 g/mol. The van der Waals surface area contributed by atoms with Gasteiger partial charge in [-0.15, -0.1) is 10.2 Å². The molecule has 1 heterocycles. The van der Waals surface area contributed by atoms with Crippen LogP contribution in [0.25, 0.3) is 0 Å². The van der Waals surface area contributed by atoms with E-state index in [1.54, 1.807) is 12.1 Å². The minimum absolute atomic E-state index is 0.00748. The number of carbonyl (C=O) groups excluding carboxylic acids is 1. The second-order valence-corrected chi connectivity index (χ2v) is 5.39. The molecule has 98 valence electrons. The van der Waals surface area contributed by atoms with Crippen LogP contribution in [0.2, 0.25) is 10.3 Å². The molecule has 0 bridgehead atoms. The number of rotatable bonds is 2. The molecule has 1 aromatic heterocycles. The molecule has 0 aliphatic heterocycles. The lowest BCUT2D eigenvalue weighted by Crippen LogP contribution is -2.13. The number of halogens is 3. The van der Waals surface area contributed by atoms with Crippen molar-refractivity contribution in [3.8, 4) is 0 Å². The summed E-state index contributed by atoms with van der Waals surface area (Å²) < 4.78 is 0.905. The molecule has 1 aromatic carbocycles. The zero-order chi connectivity index (χ0) is 14.0. The summed E-state index contributed by atoms with van der Waals surface area (Å²) in [5.41, 5.74) is 1.90. The van der Waals surface area contributed by atoms with Crippen molar-refractivity contribution in [2.75, 3.05) is 5.32 Å². The van der Waals surface area contributed by atoms with Gasteiger partial charge in [0.15, 0.2) is 10.3 Å². The summed E-state index contributed by atoms with van der Waals surface area (Å²) in [6.07, 6.45) is 0. The highest BCUT2D eigenvalue weighted by Crippen LogP contribution is 2.22. The number of nitrogens with zero attached hydrogens (tertiary/aromatic N) is 2. The Morgan fingerprint density at radius 1 is 1.26 bits per heavy atom. The maximum Gasteiger partial charge on any atom is 0.258 e. The second-order valence-electron chi connectivity index (χ2n) is 3.79. The Kier molecular flexibility index (Phi) is 4.39. The zero-order valence-electron chi connectivity index (χ0n) is 9.75. The summed E-state index contributed by atoms with van der Waals surface area (Å²) in [6.45, 7) is 1.96. The molecule has 0 saturated carbocycles. The molecule has 0 aliphatic carbocycles. The van der Waals surface area contributed by atoms with E-state index in [1.165, 1.54) is 6.07 Å². The number of anilines is 1. The Hall–Kier alpha value is -1.17. The Morgan fingerprint density at radius 2 is 2.00 bits per heavy atom. The summed E-state index contributed by atoms with van der Waals surface area (Å²) in [6, 6.07) is 6.86. The van der Waals surface area contributed by atoms with Crippen LogP contribution in [-0.4, -0.2) is 16.1 Å². The number of hydrogen-bond acceptors (Lipinski definition) is 3. The monoisotopic (exact) mass is 359 g/mol. The molecular formula is C12H8BrCl2N3O. The van der Waals surface area contributed by atoms with E-state index in [0.29, 0.717) is 5.69 Å². The third-order valence-corrected chi connectivity index (χ3v) is 3.71. The fourth-order valence-electron chi connectivity index (χ4n) is 1.38. The Labute approximate surface area is 128 Å². The number of amides is 1. The van der Waals surface area contributed by atoms with Crippen LogP contribution in [-0.2, 0) is 0 Å². The van der Waals surface area contributed by atoms with Crippen molar-refractivity contribution in [3.63, 3.8) is 0 Å². The highest BCUT2D eigenvalue weighted by molar-refractivity contribution is 9.10. The molecule has 2 rings (SSSR count). The molecule has 0 aliphatic rings. The lowest BCUT2D eigenvalue weighted by Gasteiger charge is -2.07. The molecule has 1 amide bonds. The summed E-state index contributed by atoms with van der Waals surface area (Å²) in [4.78, 5) is 12.0. The summed E-state index contributed by atoms with van der Waals surface area (Å²) in [7, 11) is 0. The van der Waals surface area contributed by atoms with E-state index in [-0.39, 0.29) is 15.9 Å². The van der Waals surface area contributed by atoms with Gasteiger partial charge in [-0.2, -0.15) is 0 Å². The van der Waals surface area contributed by atoms with Crippen LogP contribution in [0.5, 0.6) is 0 Å². The van der Waals surface area contributed by atoms with Crippen molar-refractivity contribution < 1.29 is 4.79 Å². The number of aromatic nitrogens is 2. The third kappa shape index (κ3) is 3.43. The van der Waals surface area contributed by atoms with Crippen molar-refractivity contribution in [1.82, 2.24) is 10.2 Å². The summed E-state index contributed by atoms with van der Waals surface area (Å²) >= 11 is 14.9. The maximum atomic E-state index is 12.0. The van der Waals surface area contributed by atoms with Crippen LogP contribution in [0.1, 0.15) is 15.9 Å². The van der Waals surface area contributed by atoms with Gasteiger partial charge in [-0.3, -0.25) is 4.79 Å². The van der Waals surface area contributed by atoms with Gasteiger partial charge in [0.1, 0.15) is 0 Å². The van der Waals surface area contributed by atoms with E-state index >= 15 is 0 Å². The minimum Gasteiger partial charge on any atom is -0.322 e. The van der Waals surface area contributed by atoms with Crippen molar-refractivity contribution in [3.05, 3.63) is 50.2 Å². The third-order valence-electron chi connectivity index (χ3n) is 2.39. The van der Waals surface area contributed by atoms with Crippen molar-refractivity contribution >= 4 is 50.7 Å². The molecule has 0 unspecified atom stereocenters. The first-order valence-corrected chi connectivity index (χ1v) is 6.78. The van der Waals surface area contributed by atoms with Crippen LogP contribution in [0, 0.1) is 6.92 Å². The molecule has 2 aromatic rings. The van der Waals surface area contributed by atoms with Crippen molar-refractivity contribution in [2.45, 2.75) is 6.92 Å². The van der Waals surface area contributed by atoms with Gasteiger partial charge >= 0.3 is 0 Å². The number of benzene rings is 1. The van der Waals surface area contributed by atoms with Gasteiger partial charge < -0.3 is 5.32 Å². The molecular weight excluding hydrogens is 353 g/mol. The summed E-state index contributed by atoms with van der Waals surface area (Å²) in [5, 5.41) is 9.97. The van der Waals surface area contributed by atoms with Crippen LogP contribution in [0.3, 0.4) is 0 Å². The molecule has 0 atom stereocenters. The average Bonchev–Trinajstić information content (AvgIpc) is 2.36. The van der Waals surface area contributed by atoms with Gasteiger partial charge in [0.05, 0.1) is 5.56 Å².